The molecule has 0 spiro atoms. The number of anilines is 1. The molecule has 10 heteroatoms. The van der Waals surface area contributed by atoms with Crippen molar-refractivity contribution in [2.45, 2.75) is 4.90 Å². The lowest BCUT2D eigenvalue weighted by molar-refractivity contribution is 0.0824. The molecule has 0 aliphatic rings. The molecule has 0 bridgehead atoms. The first-order valence-electron chi connectivity index (χ1n) is 7.17. The molecule has 0 saturated carbocycles. The van der Waals surface area contributed by atoms with Gasteiger partial charge in [-0.1, -0.05) is 27.5 Å². The van der Waals surface area contributed by atoms with Crippen LogP contribution in [0.2, 0.25) is 5.02 Å². The standard InChI is InChI=1S/C16H16BrClN2O5S/c1-20(2)16(22)11-7-10(18)8-12(15(11)21)19-26(23,24)14-6-9(17)4-5-13(14)25-3/h4-8,19,21H,1-3H3. The molecule has 0 unspecified atom stereocenters. The van der Waals surface area contributed by atoms with E-state index in [9.17, 15) is 18.3 Å². The quantitative estimate of drug-likeness (QED) is 0.663. The van der Waals surface area contributed by atoms with Crippen molar-refractivity contribution >= 4 is 49.1 Å². The number of nitrogens with one attached hydrogen (secondary N) is 1. The maximum atomic E-state index is 12.8. The molecule has 0 fully saturated rings. The average molecular weight is 464 g/mol. The Morgan fingerprint density at radius 2 is 1.92 bits per heavy atom. The highest BCUT2D eigenvalue weighted by Gasteiger charge is 2.24. The summed E-state index contributed by atoms with van der Waals surface area (Å²) in [5, 5.41) is 10.4. The van der Waals surface area contributed by atoms with Crippen molar-refractivity contribution in [1.29, 1.82) is 0 Å². The van der Waals surface area contributed by atoms with Crippen molar-refractivity contribution < 1.29 is 23.1 Å². The van der Waals surface area contributed by atoms with E-state index in [1.165, 1.54) is 50.4 Å². The number of halogens is 2. The summed E-state index contributed by atoms with van der Waals surface area (Å²) in [4.78, 5) is 13.2. The van der Waals surface area contributed by atoms with Gasteiger partial charge >= 0.3 is 0 Å². The highest BCUT2D eigenvalue weighted by Crippen LogP contribution is 2.35. The Morgan fingerprint density at radius 3 is 2.50 bits per heavy atom. The van der Waals surface area contributed by atoms with Crippen molar-refractivity contribution in [2.75, 3.05) is 25.9 Å². The van der Waals surface area contributed by atoms with Gasteiger partial charge in [0.05, 0.1) is 18.4 Å². The van der Waals surface area contributed by atoms with Crippen LogP contribution in [0.3, 0.4) is 0 Å². The minimum absolute atomic E-state index is 0.0897. The van der Waals surface area contributed by atoms with E-state index >= 15 is 0 Å². The number of sulfonamides is 1. The predicted molar refractivity (Wildman–Crippen MR) is 103 cm³/mol. The van der Waals surface area contributed by atoms with Gasteiger partial charge in [0.15, 0.2) is 5.75 Å². The fraction of sp³-hybridized carbons (Fsp3) is 0.188. The van der Waals surface area contributed by atoms with Gasteiger partial charge in [-0.3, -0.25) is 9.52 Å². The van der Waals surface area contributed by atoms with Gasteiger partial charge in [0.2, 0.25) is 0 Å². The zero-order chi connectivity index (χ0) is 19.6. The molecule has 0 aliphatic heterocycles. The van der Waals surface area contributed by atoms with Gasteiger partial charge in [0.1, 0.15) is 10.6 Å². The number of amides is 1. The Labute approximate surface area is 164 Å². The van der Waals surface area contributed by atoms with Gasteiger partial charge in [0, 0.05) is 23.6 Å². The molecule has 0 atom stereocenters. The summed E-state index contributed by atoms with van der Waals surface area (Å²) in [5.41, 5.74) is -0.342. The molecule has 7 nitrogen and oxygen atoms in total. The van der Waals surface area contributed by atoms with Crippen molar-refractivity contribution in [1.82, 2.24) is 4.90 Å². The van der Waals surface area contributed by atoms with Crippen molar-refractivity contribution in [3.8, 4) is 11.5 Å². The summed E-state index contributed by atoms with van der Waals surface area (Å²) in [6, 6.07) is 6.94. The third-order valence-corrected chi connectivity index (χ3v) is 5.47. The van der Waals surface area contributed by atoms with Gasteiger partial charge in [-0.05, 0) is 30.3 Å². The third-order valence-electron chi connectivity index (χ3n) is 3.37. The SMILES string of the molecule is COc1ccc(Br)cc1S(=O)(=O)Nc1cc(Cl)cc(C(=O)N(C)C)c1O. The van der Waals surface area contributed by atoms with Crippen LogP contribution < -0.4 is 9.46 Å². The first-order chi connectivity index (χ1) is 12.1. The smallest absolute Gasteiger partial charge is 0.265 e. The molecule has 2 N–H and O–H groups in total. The fourth-order valence-electron chi connectivity index (χ4n) is 2.14. The topological polar surface area (TPSA) is 95.9 Å². The monoisotopic (exact) mass is 462 g/mol. The summed E-state index contributed by atoms with van der Waals surface area (Å²) in [7, 11) is 0.209. The van der Waals surface area contributed by atoms with E-state index in [4.69, 9.17) is 16.3 Å². The molecule has 0 heterocycles. The lowest BCUT2D eigenvalue weighted by Gasteiger charge is -2.16. The van der Waals surface area contributed by atoms with Crippen LogP contribution in [-0.2, 0) is 10.0 Å². The van der Waals surface area contributed by atoms with Crippen LogP contribution in [0.4, 0.5) is 5.69 Å². The second kappa shape index (κ2) is 7.73. The molecule has 2 rings (SSSR count). The molecule has 140 valence electrons. The molecule has 1 amide bonds. The third kappa shape index (κ3) is 4.22. The molecule has 2 aromatic rings. The van der Waals surface area contributed by atoms with Crippen molar-refractivity contribution in [2.24, 2.45) is 0 Å². The highest BCUT2D eigenvalue weighted by molar-refractivity contribution is 9.10. The van der Waals surface area contributed by atoms with Gasteiger partial charge in [-0.2, -0.15) is 0 Å². The molecule has 26 heavy (non-hydrogen) atoms. The normalized spacial score (nSPS) is 11.1. The van der Waals surface area contributed by atoms with Crippen LogP contribution >= 0.6 is 27.5 Å². The number of phenolic OH excluding ortho intramolecular Hbond substituents is 1. The largest absolute Gasteiger partial charge is 0.505 e. The zero-order valence-corrected chi connectivity index (χ0v) is 17.2. The number of phenols is 1. The number of methoxy groups -OCH3 is 1. The molecule has 0 saturated heterocycles. The molecular weight excluding hydrogens is 448 g/mol. The second-order valence-corrected chi connectivity index (χ2v) is 8.45. The summed E-state index contributed by atoms with van der Waals surface area (Å²) >= 11 is 9.19. The summed E-state index contributed by atoms with van der Waals surface area (Å²) < 4.78 is 33.4. The highest BCUT2D eigenvalue weighted by atomic mass is 79.9. The Bertz CT molecular complexity index is 963. The van der Waals surface area contributed by atoms with Crippen molar-refractivity contribution in [3.63, 3.8) is 0 Å². The van der Waals surface area contributed by atoms with E-state index in [-0.39, 0.29) is 26.9 Å². The lowest BCUT2D eigenvalue weighted by Crippen LogP contribution is -2.22. The number of nitrogens with zero attached hydrogens (tertiary/aromatic N) is 1. The minimum Gasteiger partial charge on any atom is -0.505 e. The van der Waals surface area contributed by atoms with E-state index in [2.05, 4.69) is 20.7 Å². The van der Waals surface area contributed by atoms with E-state index < -0.39 is 21.7 Å². The number of hydrogen-bond donors (Lipinski definition) is 2. The number of carbonyl (C=O) groups is 1. The number of aromatic hydroxyl groups is 1. The first kappa shape index (κ1) is 20.3. The average Bonchev–Trinajstić information content (AvgIpc) is 2.56. The van der Waals surface area contributed by atoms with Crippen molar-refractivity contribution in [3.05, 3.63) is 45.4 Å². The summed E-state index contributed by atoms with van der Waals surface area (Å²) in [6.07, 6.45) is 0. The number of carbonyl (C=O) groups excluding carboxylic acids is 1. The lowest BCUT2D eigenvalue weighted by atomic mass is 10.1. The van der Waals surface area contributed by atoms with Crippen LogP contribution in [0.5, 0.6) is 11.5 Å². The van der Waals surface area contributed by atoms with Crippen LogP contribution in [-0.4, -0.2) is 45.5 Å². The number of ether oxygens (including phenoxy) is 1. The van der Waals surface area contributed by atoms with Gasteiger partial charge in [-0.15, -0.1) is 0 Å². The maximum absolute atomic E-state index is 12.8. The second-order valence-electron chi connectivity index (χ2n) is 5.45. The minimum atomic E-state index is -4.13. The van der Waals surface area contributed by atoms with Gasteiger partial charge < -0.3 is 14.7 Å². The van der Waals surface area contributed by atoms with Gasteiger partial charge in [0.25, 0.3) is 15.9 Å². The molecule has 0 aromatic heterocycles. The number of rotatable bonds is 5. The molecular formula is C16H16BrClN2O5S. The Kier molecular flexibility index (Phi) is 6.05. The van der Waals surface area contributed by atoms with E-state index in [0.717, 1.165) is 0 Å². The molecule has 0 radical (unpaired) electrons. The Hall–Kier alpha value is -1.97. The van der Waals surface area contributed by atoms with Crippen LogP contribution in [0.1, 0.15) is 10.4 Å². The molecule has 2 aromatic carbocycles. The zero-order valence-electron chi connectivity index (χ0n) is 14.1. The Balaban J connectivity index is 2.55. The Morgan fingerprint density at radius 1 is 1.27 bits per heavy atom. The summed E-state index contributed by atoms with van der Waals surface area (Å²) in [6.45, 7) is 0. The summed E-state index contributed by atoms with van der Waals surface area (Å²) in [5.74, 6) is -0.928. The molecule has 0 aliphatic carbocycles. The van der Waals surface area contributed by atoms with Gasteiger partial charge in [-0.25, -0.2) is 8.42 Å². The fourth-order valence-corrected chi connectivity index (χ4v) is 4.13. The van der Waals surface area contributed by atoms with Crippen LogP contribution in [0, 0.1) is 0 Å². The van der Waals surface area contributed by atoms with Crippen LogP contribution in [0.15, 0.2) is 39.7 Å². The van der Waals surface area contributed by atoms with E-state index in [1.807, 2.05) is 0 Å². The van der Waals surface area contributed by atoms with Crippen LogP contribution in [0.25, 0.3) is 0 Å². The maximum Gasteiger partial charge on any atom is 0.265 e. The van der Waals surface area contributed by atoms with E-state index in [1.54, 1.807) is 6.07 Å². The first-order valence-corrected chi connectivity index (χ1v) is 9.82. The number of benzene rings is 2. The predicted octanol–water partition coefficient (Wildman–Crippen LogP) is 3.32. The number of hydrogen-bond acceptors (Lipinski definition) is 5. The van der Waals surface area contributed by atoms with E-state index in [0.29, 0.717) is 4.47 Å².